The maximum atomic E-state index is 9.05. The smallest absolute Gasteiger partial charge is 0.0519 e. The van der Waals surface area contributed by atoms with Crippen LogP contribution in [0.3, 0.4) is 0 Å². The molecule has 0 saturated heterocycles. The summed E-state index contributed by atoms with van der Waals surface area (Å²) < 4.78 is 0. The summed E-state index contributed by atoms with van der Waals surface area (Å²) in [5.41, 5.74) is 5.55. The molecule has 74 valence electrons. The predicted octanol–water partition coefficient (Wildman–Crippen LogP) is 1.74. The minimum Gasteiger partial charge on any atom is -0.396 e. The molecule has 0 aromatic carbocycles. The fourth-order valence-corrected chi connectivity index (χ4v) is 2.49. The maximum absolute atomic E-state index is 9.05. The number of nitrogens with two attached hydrogens (primary N) is 1. The van der Waals surface area contributed by atoms with Crippen LogP contribution in [0.25, 0.3) is 0 Å². The zero-order valence-corrected chi connectivity index (χ0v) is 8.81. The lowest BCUT2D eigenvalue weighted by Crippen LogP contribution is -2.14. The molecule has 0 aliphatic carbocycles. The summed E-state index contributed by atoms with van der Waals surface area (Å²) in [4.78, 5) is 2.61. The minimum atomic E-state index is 0.135. The molecule has 0 amide bonds. The molecule has 1 rings (SSSR count). The van der Waals surface area contributed by atoms with E-state index in [1.54, 1.807) is 11.3 Å². The van der Waals surface area contributed by atoms with E-state index in [2.05, 4.69) is 19.1 Å². The fraction of sp³-hybridized carbons (Fsp3) is 0.600. The van der Waals surface area contributed by atoms with Gasteiger partial charge in [-0.05, 0) is 18.6 Å². The molecule has 0 radical (unpaired) electrons. The van der Waals surface area contributed by atoms with Crippen LogP contribution >= 0.6 is 11.3 Å². The van der Waals surface area contributed by atoms with E-state index in [-0.39, 0.29) is 12.5 Å². The quantitative estimate of drug-likeness (QED) is 0.758. The largest absolute Gasteiger partial charge is 0.396 e. The summed E-state index contributed by atoms with van der Waals surface area (Å²) >= 11 is 1.77. The molecule has 1 unspecified atom stereocenters. The van der Waals surface area contributed by atoms with Gasteiger partial charge in [0.15, 0.2) is 0 Å². The zero-order chi connectivity index (χ0) is 9.68. The van der Waals surface area contributed by atoms with Gasteiger partial charge < -0.3 is 10.8 Å². The average molecular weight is 199 g/mol. The van der Waals surface area contributed by atoms with Crippen LogP contribution in [0.4, 0.5) is 0 Å². The van der Waals surface area contributed by atoms with Gasteiger partial charge in [-0.25, -0.2) is 0 Å². The normalized spacial score (nSPS) is 13.2. The highest BCUT2D eigenvalue weighted by molar-refractivity contribution is 7.12. The van der Waals surface area contributed by atoms with Crippen LogP contribution in [0.1, 0.15) is 29.0 Å². The molecule has 3 N–H and O–H groups in total. The minimum absolute atomic E-state index is 0.135. The van der Waals surface area contributed by atoms with Gasteiger partial charge in [-0.3, -0.25) is 0 Å². The highest BCUT2D eigenvalue weighted by atomic mass is 32.1. The average Bonchev–Trinajstić information content (AvgIpc) is 2.56. The molecule has 1 aromatic heterocycles. The van der Waals surface area contributed by atoms with Crippen molar-refractivity contribution < 1.29 is 5.11 Å². The van der Waals surface area contributed by atoms with Gasteiger partial charge in [0.25, 0.3) is 0 Å². The monoisotopic (exact) mass is 199 g/mol. The first-order valence-corrected chi connectivity index (χ1v) is 5.53. The van der Waals surface area contributed by atoms with E-state index in [1.165, 1.54) is 16.2 Å². The molecule has 0 fully saturated rings. The van der Waals surface area contributed by atoms with E-state index in [0.717, 1.165) is 6.42 Å². The number of hydrogen-bond acceptors (Lipinski definition) is 3. The van der Waals surface area contributed by atoms with Crippen LogP contribution in [-0.4, -0.2) is 18.3 Å². The van der Waals surface area contributed by atoms with Crippen molar-refractivity contribution in [2.24, 2.45) is 5.73 Å². The Morgan fingerprint density at radius 2 is 2.31 bits per heavy atom. The van der Waals surface area contributed by atoms with E-state index >= 15 is 0 Å². The van der Waals surface area contributed by atoms with Gasteiger partial charge in [0.1, 0.15) is 0 Å². The van der Waals surface area contributed by atoms with Crippen molar-refractivity contribution in [2.45, 2.75) is 25.7 Å². The van der Waals surface area contributed by atoms with Crippen molar-refractivity contribution >= 4 is 11.3 Å². The van der Waals surface area contributed by atoms with Gasteiger partial charge >= 0.3 is 0 Å². The van der Waals surface area contributed by atoms with Crippen molar-refractivity contribution in [3.63, 3.8) is 0 Å². The molecule has 0 saturated carbocycles. The lowest BCUT2D eigenvalue weighted by molar-refractivity contribution is 0.269. The van der Waals surface area contributed by atoms with Crippen molar-refractivity contribution in [1.82, 2.24) is 0 Å². The molecule has 0 aliphatic rings. The second-order valence-corrected chi connectivity index (χ2v) is 4.37. The van der Waals surface area contributed by atoms with E-state index in [0.29, 0.717) is 6.54 Å². The van der Waals surface area contributed by atoms with E-state index in [9.17, 15) is 0 Å². The third kappa shape index (κ3) is 2.79. The summed E-state index contributed by atoms with van der Waals surface area (Å²) in [6.45, 7) is 2.86. The molecular formula is C10H17NOS. The van der Waals surface area contributed by atoms with Crippen LogP contribution in [-0.2, 0) is 6.42 Å². The molecule has 0 spiro atoms. The second-order valence-electron chi connectivity index (χ2n) is 3.17. The summed E-state index contributed by atoms with van der Waals surface area (Å²) in [7, 11) is 0. The summed E-state index contributed by atoms with van der Waals surface area (Å²) in [5.74, 6) is 0.135. The van der Waals surface area contributed by atoms with Crippen molar-refractivity contribution in [2.75, 3.05) is 13.2 Å². The number of aliphatic hydroxyl groups excluding tert-OH is 1. The SMILES string of the molecule is CCCc1ccc(C(CN)CO)s1. The Hall–Kier alpha value is -0.380. The molecular weight excluding hydrogens is 182 g/mol. The van der Waals surface area contributed by atoms with Crippen LogP contribution in [0.2, 0.25) is 0 Å². The Balaban J connectivity index is 2.66. The van der Waals surface area contributed by atoms with Gasteiger partial charge in [0, 0.05) is 22.2 Å². The van der Waals surface area contributed by atoms with Gasteiger partial charge in [0.2, 0.25) is 0 Å². The molecule has 3 heteroatoms. The third-order valence-electron chi connectivity index (χ3n) is 2.09. The maximum Gasteiger partial charge on any atom is 0.0519 e. The Morgan fingerprint density at radius 3 is 2.85 bits per heavy atom. The van der Waals surface area contributed by atoms with Gasteiger partial charge in [-0.2, -0.15) is 0 Å². The molecule has 0 bridgehead atoms. The van der Waals surface area contributed by atoms with Crippen LogP contribution in [0.15, 0.2) is 12.1 Å². The number of thiophene rings is 1. The summed E-state index contributed by atoms with van der Waals surface area (Å²) in [6, 6.07) is 4.23. The summed E-state index contributed by atoms with van der Waals surface area (Å²) in [6.07, 6.45) is 2.31. The first-order valence-electron chi connectivity index (χ1n) is 4.71. The molecule has 0 aliphatic heterocycles. The highest BCUT2D eigenvalue weighted by Gasteiger charge is 2.10. The van der Waals surface area contributed by atoms with Crippen molar-refractivity contribution in [1.29, 1.82) is 0 Å². The van der Waals surface area contributed by atoms with Gasteiger partial charge in [-0.1, -0.05) is 13.3 Å². The standard InChI is InChI=1S/C10H17NOS/c1-2-3-9-4-5-10(13-9)8(6-11)7-12/h4-5,8,12H,2-3,6-7,11H2,1H3. The van der Waals surface area contributed by atoms with Gasteiger partial charge in [0.05, 0.1) is 6.61 Å². The van der Waals surface area contributed by atoms with E-state index in [1.807, 2.05) is 0 Å². The zero-order valence-electron chi connectivity index (χ0n) is 7.99. The molecule has 2 nitrogen and oxygen atoms in total. The van der Waals surface area contributed by atoms with Crippen LogP contribution < -0.4 is 5.73 Å². The topological polar surface area (TPSA) is 46.2 Å². The Labute approximate surface area is 83.4 Å². The predicted molar refractivity (Wildman–Crippen MR) is 57.2 cm³/mol. The van der Waals surface area contributed by atoms with E-state index in [4.69, 9.17) is 10.8 Å². The Morgan fingerprint density at radius 1 is 1.54 bits per heavy atom. The Kier molecular flexibility index (Phi) is 4.42. The number of hydrogen-bond donors (Lipinski definition) is 2. The molecule has 1 atom stereocenters. The number of aryl methyl sites for hydroxylation is 1. The number of rotatable bonds is 5. The lowest BCUT2D eigenvalue weighted by Gasteiger charge is -2.07. The van der Waals surface area contributed by atoms with Crippen molar-refractivity contribution in [3.05, 3.63) is 21.9 Å². The van der Waals surface area contributed by atoms with Crippen LogP contribution in [0, 0.1) is 0 Å². The first kappa shape index (κ1) is 10.7. The lowest BCUT2D eigenvalue weighted by atomic mass is 10.1. The number of aliphatic hydroxyl groups is 1. The molecule has 1 aromatic rings. The Bertz CT molecular complexity index is 243. The summed E-state index contributed by atoms with van der Waals surface area (Å²) in [5, 5.41) is 9.05. The first-order chi connectivity index (χ1) is 6.31. The van der Waals surface area contributed by atoms with Gasteiger partial charge in [-0.15, -0.1) is 11.3 Å². The highest BCUT2D eigenvalue weighted by Crippen LogP contribution is 2.24. The second kappa shape index (κ2) is 5.37. The third-order valence-corrected chi connectivity index (χ3v) is 3.39. The molecule has 1 heterocycles. The van der Waals surface area contributed by atoms with Crippen LogP contribution in [0.5, 0.6) is 0 Å². The van der Waals surface area contributed by atoms with E-state index < -0.39 is 0 Å². The fourth-order valence-electron chi connectivity index (χ4n) is 1.28. The molecule has 13 heavy (non-hydrogen) atoms. The van der Waals surface area contributed by atoms with Crippen molar-refractivity contribution in [3.8, 4) is 0 Å².